The van der Waals surface area contributed by atoms with Gasteiger partial charge >= 0.3 is 6.16 Å². The van der Waals surface area contributed by atoms with Crippen molar-refractivity contribution in [3.05, 3.63) is 66.2 Å². The van der Waals surface area contributed by atoms with Crippen LogP contribution in [-0.4, -0.2) is 12.3 Å². The summed E-state index contributed by atoms with van der Waals surface area (Å²) in [5.41, 5.74) is 1.31. The molecule has 0 aliphatic carbocycles. The third-order valence-corrected chi connectivity index (χ3v) is 3.50. The smallest absolute Gasteiger partial charge is 0.431 e. The highest BCUT2D eigenvalue weighted by molar-refractivity contribution is 5.63. The molecular formula is C19H22O3. The summed E-state index contributed by atoms with van der Waals surface area (Å²) in [6.45, 7) is 2.02. The topological polar surface area (TPSA) is 35.5 Å². The fourth-order valence-corrected chi connectivity index (χ4v) is 2.27. The molecule has 2 aromatic rings. The van der Waals surface area contributed by atoms with Crippen LogP contribution < -0.4 is 4.74 Å². The van der Waals surface area contributed by atoms with Crippen LogP contribution in [-0.2, 0) is 11.2 Å². The number of hydrogen-bond donors (Lipinski definition) is 0. The lowest BCUT2D eigenvalue weighted by Crippen LogP contribution is -2.20. The summed E-state index contributed by atoms with van der Waals surface area (Å²) < 4.78 is 10.5. The molecule has 0 bridgehead atoms. The molecule has 0 aliphatic heterocycles. The summed E-state index contributed by atoms with van der Waals surface area (Å²) in [4.78, 5) is 11.8. The highest BCUT2D eigenvalue weighted by Gasteiger charge is 2.14. The van der Waals surface area contributed by atoms with E-state index in [2.05, 4.69) is 12.1 Å². The number of hydrogen-bond acceptors (Lipinski definition) is 3. The van der Waals surface area contributed by atoms with Crippen molar-refractivity contribution in [2.24, 2.45) is 0 Å². The summed E-state index contributed by atoms with van der Waals surface area (Å²) in [5, 5.41) is 0. The number of para-hydroxylation sites is 1. The number of rotatable bonds is 7. The maximum absolute atomic E-state index is 11.8. The largest absolute Gasteiger partial charge is 0.514 e. The molecule has 0 heterocycles. The van der Waals surface area contributed by atoms with E-state index in [-0.39, 0.29) is 6.10 Å². The minimum Gasteiger partial charge on any atom is -0.431 e. The van der Waals surface area contributed by atoms with Crippen molar-refractivity contribution in [1.29, 1.82) is 0 Å². The van der Waals surface area contributed by atoms with Gasteiger partial charge in [-0.15, -0.1) is 0 Å². The predicted octanol–water partition coefficient (Wildman–Crippen LogP) is 5.00. The standard InChI is InChI=1S/C19H22O3/c1-2-17(15-9-12-16-10-5-3-6-11-16)21-19(20)22-18-13-7-4-8-14-18/h3-8,10-11,13-14,17H,2,9,12,15H2,1H3. The maximum Gasteiger partial charge on any atom is 0.514 e. The number of ether oxygens (including phenoxy) is 2. The van der Waals surface area contributed by atoms with Gasteiger partial charge in [-0.3, -0.25) is 0 Å². The van der Waals surface area contributed by atoms with Gasteiger partial charge in [-0.05, 0) is 43.4 Å². The molecule has 1 unspecified atom stereocenters. The zero-order valence-electron chi connectivity index (χ0n) is 12.9. The summed E-state index contributed by atoms with van der Waals surface area (Å²) >= 11 is 0. The second kappa shape index (κ2) is 8.88. The Morgan fingerprint density at radius 1 is 1.00 bits per heavy atom. The molecule has 3 nitrogen and oxygen atoms in total. The van der Waals surface area contributed by atoms with E-state index in [1.165, 1.54) is 5.56 Å². The molecule has 0 spiro atoms. The van der Waals surface area contributed by atoms with E-state index < -0.39 is 6.16 Å². The molecule has 0 N–H and O–H groups in total. The Kier molecular flexibility index (Phi) is 6.49. The molecule has 0 aromatic heterocycles. The number of carbonyl (C=O) groups excluding carboxylic acids is 1. The van der Waals surface area contributed by atoms with Crippen LogP contribution in [0.2, 0.25) is 0 Å². The molecule has 0 aliphatic rings. The number of carbonyl (C=O) groups is 1. The highest BCUT2D eigenvalue weighted by atomic mass is 16.7. The zero-order valence-corrected chi connectivity index (χ0v) is 12.9. The molecule has 1 atom stereocenters. The molecule has 116 valence electrons. The van der Waals surface area contributed by atoms with E-state index in [0.717, 1.165) is 25.7 Å². The average Bonchev–Trinajstić information content (AvgIpc) is 2.56. The first-order valence-corrected chi connectivity index (χ1v) is 7.75. The van der Waals surface area contributed by atoms with E-state index in [0.29, 0.717) is 5.75 Å². The summed E-state index contributed by atoms with van der Waals surface area (Å²) in [6, 6.07) is 19.3. The first-order chi connectivity index (χ1) is 10.8. The van der Waals surface area contributed by atoms with Crippen LogP contribution in [0.1, 0.15) is 31.7 Å². The normalized spacial score (nSPS) is 11.7. The lowest BCUT2D eigenvalue weighted by molar-refractivity contribution is 0.0520. The molecule has 0 amide bonds. The fraction of sp³-hybridized carbons (Fsp3) is 0.316. The van der Waals surface area contributed by atoms with Crippen molar-refractivity contribution in [2.45, 2.75) is 38.7 Å². The Bertz CT molecular complexity index is 551. The summed E-state index contributed by atoms with van der Waals surface area (Å²) in [6.07, 6.45) is 2.89. The molecule has 0 fully saturated rings. The quantitative estimate of drug-likeness (QED) is 0.533. The number of aryl methyl sites for hydroxylation is 1. The average molecular weight is 298 g/mol. The van der Waals surface area contributed by atoms with Gasteiger partial charge in [0, 0.05) is 0 Å². The van der Waals surface area contributed by atoms with Gasteiger partial charge < -0.3 is 9.47 Å². The van der Waals surface area contributed by atoms with Gasteiger partial charge in [0.15, 0.2) is 0 Å². The summed E-state index contributed by atoms with van der Waals surface area (Å²) in [7, 11) is 0. The first kappa shape index (κ1) is 16.1. The SMILES string of the molecule is CCC(CCCc1ccccc1)OC(=O)Oc1ccccc1. The second-order valence-electron chi connectivity index (χ2n) is 5.19. The van der Waals surface area contributed by atoms with Gasteiger partial charge in [0.05, 0.1) is 0 Å². The van der Waals surface area contributed by atoms with Crippen LogP contribution in [0.3, 0.4) is 0 Å². The molecule has 22 heavy (non-hydrogen) atoms. The van der Waals surface area contributed by atoms with Gasteiger partial charge in [-0.2, -0.15) is 0 Å². The second-order valence-corrected chi connectivity index (χ2v) is 5.19. The van der Waals surface area contributed by atoms with E-state index >= 15 is 0 Å². The van der Waals surface area contributed by atoms with Crippen molar-refractivity contribution >= 4 is 6.16 Å². The first-order valence-electron chi connectivity index (χ1n) is 7.75. The van der Waals surface area contributed by atoms with Crippen molar-refractivity contribution in [3.8, 4) is 5.75 Å². The molecule has 2 rings (SSSR count). The van der Waals surface area contributed by atoms with Crippen LogP contribution in [0.4, 0.5) is 4.79 Å². The van der Waals surface area contributed by atoms with Crippen molar-refractivity contribution in [1.82, 2.24) is 0 Å². The Labute approximate surface area is 131 Å². The lowest BCUT2D eigenvalue weighted by Gasteiger charge is -2.15. The van der Waals surface area contributed by atoms with Gasteiger partial charge in [0.25, 0.3) is 0 Å². The van der Waals surface area contributed by atoms with Crippen LogP contribution in [0.25, 0.3) is 0 Å². The third kappa shape index (κ3) is 5.60. The summed E-state index contributed by atoms with van der Waals surface area (Å²) in [5.74, 6) is 0.506. The zero-order chi connectivity index (χ0) is 15.6. The Morgan fingerprint density at radius 3 is 2.27 bits per heavy atom. The predicted molar refractivity (Wildman–Crippen MR) is 87.0 cm³/mol. The molecule has 0 radical (unpaired) electrons. The van der Waals surface area contributed by atoms with E-state index in [1.807, 2.05) is 43.3 Å². The fourth-order valence-electron chi connectivity index (χ4n) is 2.27. The van der Waals surface area contributed by atoms with Crippen LogP contribution in [0, 0.1) is 0 Å². The van der Waals surface area contributed by atoms with Crippen LogP contribution in [0.5, 0.6) is 5.75 Å². The number of benzene rings is 2. The minimum absolute atomic E-state index is 0.0973. The van der Waals surface area contributed by atoms with Crippen molar-refractivity contribution in [2.75, 3.05) is 0 Å². The molecule has 3 heteroatoms. The van der Waals surface area contributed by atoms with Gasteiger partial charge in [0.2, 0.25) is 0 Å². The Balaban J connectivity index is 1.73. The van der Waals surface area contributed by atoms with Gasteiger partial charge in [-0.25, -0.2) is 4.79 Å². The third-order valence-electron chi connectivity index (χ3n) is 3.50. The molecular weight excluding hydrogens is 276 g/mol. The van der Waals surface area contributed by atoms with E-state index in [9.17, 15) is 4.79 Å². The van der Waals surface area contributed by atoms with Crippen molar-refractivity contribution in [3.63, 3.8) is 0 Å². The molecule has 2 aromatic carbocycles. The van der Waals surface area contributed by atoms with Gasteiger partial charge in [0.1, 0.15) is 11.9 Å². The maximum atomic E-state index is 11.8. The van der Waals surface area contributed by atoms with Gasteiger partial charge in [-0.1, -0.05) is 55.5 Å². The van der Waals surface area contributed by atoms with E-state index in [4.69, 9.17) is 9.47 Å². The minimum atomic E-state index is -0.627. The van der Waals surface area contributed by atoms with Crippen LogP contribution in [0.15, 0.2) is 60.7 Å². The molecule has 0 saturated heterocycles. The molecule has 0 saturated carbocycles. The Morgan fingerprint density at radius 2 is 1.64 bits per heavy atom. The Hall–Kier alpha value is -2.29. The lowest BCUT2D eigenvalue weighted by atomic mass is 10.1. The van der Waals surface area contributed by atoms with E-state index in [1.54, 1.807) is 12.1 Å². The van der Waals surface area contributed by atoms with Crippen LogP contribution >= 0.6 is 0 Å². The van der Waals surface area contributed by atoms with Crippen molar-refractivity contribution < 1.29 is 14.3 Å². The highest BCUT2D eigenvalue weighted by Crippen LogP contribution is 2.14. The monoisotopic (exact) mass is 298 g/mol.